The molecule has 2 atom stereocenters. The molecule has 6 heteroatoms. The van der Waals surface area contributed by atoms with Crippen LogP contribution in [0.2, 0.25) is 0 Å². The number of carbonyl (C=O) groups excluding carboxylic acids is 1. The van der Waals surface area contributed by atoms with Gasteiger partial charge in [0.25, 0.3) is 0 Å². The smallest absolute Gasteiger partial charge is 0.220 e. The van der Waals surface area contributed by atoms with Gasteiger partial charge in [-0.3, -0.25) is 9.78 Å². The highest BCUT2D eigenvalue weighted by atomic mass is 16.5. The molecule has 1 aliphatic rings. The van der Waals surface area contributed by atoms with Crippen molar-refractivity contribution in [3.63, 3.8) is 0 Å². The van der Waals surface area contributed by atoms with Crippen LogP contribution in [0, 0.1) is 11.8 Å². The van der Waals surface area contributed by atoms with E-state index in [1.165, 1.54) is 0 Å². The predicted octanol–water partition coefficient (Wildman–Crippen LogP) is 3.21. The van der Waals surface area contributed by atoms with Gasteiger partial charge in [-0.25, -0.2) is 0 Å². The first-order valence-corrected chi connectivity index (χ1v) is 10.2. The van der Waals surface area contributed by atoms with Gasteiger partial charge in [0, 0.05) is 25.2 Å². The maximum atomic E-state index is 12.5. The highest BCUT2D eigenvalue weighted by Crippen LogP contribution is 2.27. The highest BCUT2D eigenvalue weighted by molar-refractivity contribution is 5.76. The molecule has 29 heavy (non-hydrogen) atoms. The standard InChI is InChI=1S/C23H26N4O2/c28-23(26-15-17-6-2-1-3-7-17)13-18-9-11-24-16-19(18)12-20-14-22(29-27-20)21-8-4-5-10-25-21/h1-8,10,14,18-19,24H,9,11-13,15-16H2,(H,26,28)/t18-,19-/m0/s1. The number of nitrogens with one attached hydrogen (secondary N) is 2. The number of pyridine rings is 1. The Hall–Kier alpha value is -2.99. The van der Waals surface area contributed by atoms with E-state index < -0.39 is 0 Å². The van der Waals surface area contributed by atoms with Crippen LogP contribution in [0.5, 0.6) is 0 Å². The summed E-state index contributed by atoms with van der Waals surface area (Å²) in [5, 5.41) is 10.7. The van der Waals surface area contributed by atoms with Gasteiger partial charge < -0.3 is 15.2 Å². The number of benzene rings is 1. The zero-order valence-corrected chi connectivity index (χ0v) is 16.4. The Morgan fingerprint density at radius 3 is 2.83 bits per heavy atom. The highest BCUT2D eigenvalue weighted by Gasteiger charge is 2.28. The molecule has 0 spiro atoms. The van der Waals surface area contributed by atoms with Crippen LogP contribution in [0.25, 0.3) is 11.5 Å². The summed E-state index contributed by atoms with van der Waals surface area (Å²) in [4.78, 5) is 16.8. The monoisotopic (exact) mass is 390 g/mol. The van der Waals surface area contributed by atoms with Crippen molar-refractivity contribution in [2.45, 2.75) is 25.8 Å². The van der Waals surface area contributed by atoms with Crippen molar-refractivity contribution in [3.05, 3.63) is 72.1 Å². The second-order valence-electron chi connectivity index (χ2n) is 7.58. The van der Waals surface area contributed by atoms with E-state index in [0.717, 1.165) is 42.9 Å². The number of carbonyl (C=O) groups is 1. The number of amides is 1. The first kappa shape index (κ1) is 19.3. The van der Waals surface area contributed by atoms with Crippen LogP contribution in [0.1, 0.15) is 24.1 Å². The normalized spacial score (nSPS) is 19.0. The molecule has 0 bridgehead atoms. The van der Waals surface area contributed by atoms with E-state index in [4.69, 9.17) is 4.52 Å². The van der Waals surface area contributed by atoms with Crippen LogP contribution in [0.4, 0.5) is 0 Å². The number of nitrogens with zero attached hydrogens (tertiary/aromatic N) is 2. The molecule has 1 aliphatic heterocycles. The van der Waals surface area contributed by atoms with Gasteiger partial charge in [-0.1, -0.05) is 41.6 Å². The maximum absolute atomic E-state index is 12.5. The minimum absolute atomic E-state index is 0.111. The third-order valence-electron chi connectivity index (χ3n) is 5.49. The molecule has 2 aromatic heterocycles. The molecule has 4 rings (SSSR count). The molecule has 0 unspecified atom stereocenters. The van der Waals surface area contributed by atoms with Crippen LogP contribution in [0.3, 0.4) is 0 Å². The van der Waals surface area contributed by atoms with Crippen molar-refractivity contribution >= 4 is 5.91 Å². The molecule has 1 amide bonds. The van der Waals surface area contributed by atoms with Gasteiger partial charge in [0.15, 0.2) is 5.76 Å². The molecular formula is C23H26N4O2. The van der Waals surface area contributed by atoms with Crippen LogP contribution < -0.4 is 10.6 Å². The summed E-state index contributed by atoms with van der Waals surface area (Å²) in [5.74, 6) is 1.48. The molecule has 1 fully saturated rings. The van der Waals surface area contributed by atoms with Crippen LogP contribution in [-0.4, -0.2) is 29.1 Å². The van der Waals surface area contributed by atoms with Gasteiger partial charge in [0.2, 0.25) is 5.91 Å². The average molecular weight is 390 g/mol. The van der Waals surface area contributed by atoms with E-state index in [9.17, 15) is 4.79 Å². The molecule has 2 N–H and O–H groups in total. The quantitative estimate of drug-likeness (QED) is 0.648. The summed E-state index contributed by atoms with van der Waals surface area (Å²) in [6.07, 6.45) is 4.07. The molecule has 150 valence electrons. The predicted molar refractivity (Wildman–Crippen MR) is 111 cm³/mol. The molecule has 6 nitrogen and oxygen atoms in total. The van der Waals surface area contributed by atoms with E-state index in [0.29, 0.717) is 30.6 Å². The summed E-state index contributed by atoms with van der Waals surface area (Å²) in [6.45, 7) is 2.42. The largest absolute Gasteiger partial charge is 0.354 e. The second kappa shape index (κ2) is 9.47. The van der Waals surface area contributed by atoms with Gasteiger partial charge >= 0.3 is 0 Å². The first-order chi connectivity index (χ1) is 14.3. The summed E-state index contributed by atoms with van der Waals surface area (Å²) in [6, 6.07) is 17.7. The molecule has 1 saturated heterocycles. The number of hydrogen-bond donors (Lipinski definition) is 2. The summed E-state index contributed by atoms with van der Waals surface area (Å²) >= 11 is 0. The number of rotatable bonds is 7. The average Bonchev–Trinajstić information content (AvgIpc) is 3.24. The van der Waals surface area contributed by atoms with Crippen molar-refractivity contribution in [3.8, 4) is 11.5 Å². The third-order valence-corrected chi connectivity index (χ3v) is 5.49. The van der Waals surface area contributed by atoms with E-state index >= 15 is 0 Å². The lowest BCUT2D eigenvalue weighted by Crippen LogP contribution is -2.40. The lowest BCUT2D eigenvalue weighted by molar-refractivity contribution is -0.122. The molecule has 0 saturated carbocycles. The molecular weight excluding hydrogens is 364 g/mol. The summed E-state index contributed by atoms with van der Waals surface area (Å²) in [5.41, 5.74) is 2.81. The van der Waals surface area contributed by atoms with Crippen LogP contribution >= 0.6 is 0 Å². The van der Waals surface area contributed by atoms with Crippen molar-refractivity contribution in [1.82, 2.24) is 20.8 Å². The van der Waals surface area contributed by atoms with Crippen molar-refractivity contribution in [1.29, 1.82) is 0 Å². The zero-order chi connectivity index (χ0) is 19.9. The Morgan fingerprint density at radius 2 is 2.00 bits per heavy atom. The van der Waals surface area contributed by atoms with Gasteiger partial charge in [-0.2, -0.15) is 0 Å². The molecule has 0 aliphatic carbocycles. The fourth-order valence-corrected chi connectivity index (χ4v) is 3.90. The van der Waals surface area contributed by atoms with Crippen LogP contribution in [0.15, 0.2) is 65.3 Å². The second-order valence-corrected chi connectivity index (χ2v) is 7.58. The van der Waals surface area contributed by atoms with Gasteiger partial charge in [-0.05, 0) is 55.5 Å². The van der Waals surface area contributed by atoms with E-state index in [1.54, 1.807) is 6.20 Å². The molecule has 1 aromatic carbocycles. The zero-order valence-electron chi connectivity index (χ0n) is 16.4. The minimum Gasteiger partial charge on any atom is -0.354 e. The van der Waals surface area contributed by atoms with E-state index in [1.807, 2.05) is 54.6 Å². The minimum atomic E-state index is 0.111. The lowest BCUT2D eigenvalue weighted by Gasteiger charge is -2.31. The van der Waals surface area contributed by atoms with Crippen molar-refractivity contribution in [2.75, 3.05) is 13.1 Å². The van der Waals surface area contributed by atoms with Crippen molar-refractivity contribution in [2.24, 2.45) is 11.8 Å². The Bertz CT molecular complexity index is 911. The number of piperidine rings is 1. The number of hydrogen-bond acceptors (Lipinski definition) is 5. The SMILES string of the molecule is O=C(C[C@@H]1CCNC[C@@H]1Cc1cc(-c2ccccn2)on1)NCc1ccccc1. The van der Waals surface area contributed by atoms with Crippen molar-refractivity contribution < 1.29 is 9.32 Å². The van der Waals surface area contributed by atoms with Gasteiger partial charge in [0.05, 0.1) is 5.69 Å². The summed E-state index contributed by atoms with van der Waals surface area (Å²) < 4.78 is 5.48. The fourth-order valence-electron chi connectivity index (χ4n) is 3.90. The van der Waals surface area contributed by atoms with Gasteiger partial charge in [-0.15, -0.1) is 0 Å². The fraction of sp³-hybridized carbons (Fsp3) is 0.348. The maximum Gasteiger partial charge on any atom is 0.220 e. The summed E-state index contributed by atoms with van der Waals surface area (Å²) in [7, 11) is 0. The van der Waals surface area contributed by atoms with Gasteiger partial charge in [0.1, 0.15) is 5.69 Å². The van der Waals surface area contributed by atoms with E-state index in [2.05, 4.69) is 20.8 Å². The molecule has 3 aromatic rings. The Kier molecular flexibility index (Phi) is 6.32. The molecule has 3 heterocycles. The third kappa shape index (κ3) is 5.29. The Morgan fingerprint density at radius 1 is 1.14 bits per heavy atom. The molecule has 0 radical (unpaired) electrons. The van der Waals surface area contributed by atoms with E-state index in [-0.39, 0.29) is 5.91 Å². The Balaban J connectivity index is 1.34. The first-order valence-electron chi connectivity index (χ1n) is 10.2. The topological polar surface area (TPSA) is 80.1 Å². The number of aromatic nitrogens is 2. The Labute approximate surface area is 170 Å². The lowest BCUT2D eigenvalue weighted by atomic mass is 9.81. The van der Waals surface area contributed by atoms with Crippen LogP contribution in [-0.2, 0) is 17.8 Å².